The Balaban J connectivity index is 1.54. The normalized spacial score (nSPS) is 12.9. The second-order valence-corrected chi connectivity index (χ2v) is 6.81. The van der Waals surface area contributed by atoms with E-state index in [1.165, 1.54) is 0 Å². The van der Waals surface area contributed by atoms with Crippen LogP contribution in [0.25, 0.3) is 11.3 Å². The van der Waals surface area contributed by atoms with Crippen molar-refractivity contribution in [2.75, 3.05) is 20.3 Å². The summed E-state index contributed by atoms with van der Waals surface area (Å²) in [5.41, 5.74) is 2.91. The highest BCUT2D eigenvalue weighted by Gasteiger charge is 2.19. The summed E-state index contributed by atoms with van der Waals surface area (Å²) in [6, 6.07) is 13.2. The van der Waals surface area contributed by atoms with E-state index in [-0.39, 0.29) is 5.91 Å². The molecule has 0 unspecified atom stereocenters. The van der Waals surface area contributed by atoms with Gasteiger partial charge in [0.05, 0.1) is 25.9 Å². The molecule has 2 aromatic carbocycles. The van der Waals surface area contributed by atoms with Crippen LogP contribution in [0.4, 0.5) is 0 Å². The Labute approximate surface area is 169 Å². The molecule has 7 nitrogen and oxygen atoms in total. The zero-order chi connectivity index (χ0) is 20.2. The molecule has 0 fully saturated rings. The van der Waals surface area contributed by atoms with E-state index in [0.29, 0.717) is 42.5 Å². The summed E-state index contributed by atoms with van der Waals surface area (Å²) in [5.74, 6) is 1.99. The molecule has 3 aromatic rings. The smallest absolute Gasteiger partial charge is 0.255 e. The van der Waals surface area contributed by atoms with E-state index in [4.69, 9.17) is 14.2 Å². The first kappa shape index (κ1) is 18.9. The van der Waals surface area contributed by atoms with Crippen molar-refractivity contribution in [2.45, 2.75) is 13.0 Å². The molecule has 2 heterocycles. The Kier molecular flexibility index (Phi) is 5.37. The fourth-order valence-corrected chi connectivity index (χ4v) is 3.20. The van der Waals surface area contributed by atoms with E-state index >= 15 is 0 Å². The minimum atomic E-state index is -0.184. The monoisotopic (exact) mass is 393 g/mol. The van der Waals surface area contributed by atoms with Gasteiger partial charge in [-0.25, -0.2) is 0 Å². The average molecular weight is 393 g/mol. The van der Waals surface area contributed by atoms with E-state index in [2.05, 4.69) is 10.4 Å². The van der Waals surface area contributed by atoms with Gasteiger partial charge in [-0.1, -0.05) is 12.1 Å². The summed E-state index contributed by atoms with van der Waals surface area (Å²) in [6.07, 6.45) is 2.56. The van der Waals surface area contributed by atoms with Gasteiger partial charge in [0.25, 0.3) is 5.91 Å². The molecule has 29 heavy (non-hydrogen) atoms. The molecular formula is C22H23N3O4. The van der Waals surface area contributed by atoms with Crippen LogP contribution in [0.1, 0.15) is 22.3 Å². The molecule has 0 bridgehead atoms. The molecule has 150 valence electrons. The van der Waals surface area contributed by atoms with Gasteiger partial charge in [-0.2, -0.15) is 5.10 Å². The SMILES string of the molecule is COc1ccc(CNC(=O)c2cn(C)nc2-c2ccc3c(c2)OCCCO3)cc1. The number of hydrogen-bond acceptors (Lipinski definition) is 5. The van der Waals surface area contributed by atoms with Gasteiger partial charge in [0.15, 0.2) is 11.5 Å². The fourth-order valence-electron chi connectivity index (χ4n) is 3.20. The Hall–Kier alpha value is -3.48. The van der Waals surface area contributed by atoms with Gasteiger partial charge in [0.1, 0.15) is 11.4 Å². The molecule has 0 radical (unpaired) electrons. The van der Waals surface area contributed by atoms with Crippen molar-refractivity contribution in [3.63, 3.8) is 0 Å². The van der Waals surface area contributed by atoms with Crippen molar-refractivity contribution >= 4 is 5.91 Å². The summed E-state index contributed by atoms with van der Waals surface area (Å²) in [6.45, 7) is 1.65. The Morgan fingerprint density at radius 3 is 2.66 bits per heavy atom. The van der Waals surface area contributed by atoms with Gasteiger partial charge in [0.2, 0.25) is 0 Å². The number of rotatable bonds is 5. The number of carbonyl (C=O) groups excluding carboxylic acids is 1. The van der Waals surface area contributed by atoms with Gasteiger partial charge in [-0.15, -0.1) is 0 Å². The highest BCUT2D eigenvalue weighted by Crippen LogP contribution is 2.34. The first-order valence-corrected chi connectivity index (χ1v) is 9.49. The molecule has 7 heteroatoms. The van der Waals surface area contributed by atoms with Gasteiger partial charge in [-0.05, 0) is 35.9 Å². The summed E-state index contributed by atoms with van der Waals surface area (Å²) < 4.78 is 18.3. The maximum atomic E-state index is 12.8. The molecule has 1 aliphatic heterocycles. The van der Waals surface area contributed by atoms with Crippen LogP contribution in [-0.4, -0.2) is 36.0 Å². The molecule has 0 spiro atoms. The van der Waals surface area contributed by atoms with Gasteiger partial charge < -0.3 is 19.5 Å². The van der Waals surface area contributed by atoms with E-state index < -0.39 is 0 Å². The molecular weight excluding hydrogens is 370 g/mol. The molecule has 1 aromatic heterocycles. The minimum absolute atomic E-state index is 0.184. The lowest BCUT2D eigenvalue weighted by Gasteiger charge is -2.10. The lowest BCUT2D eigenvalue weighted by atomic mass is 10.1. The predicted octanol–water partition coefficient (Wildman–Crippen LogP) is 3.19. The number of hydrogen-bond donors (Lipinski definition) is 1. The number of aromatic nitrogens is 2. The largest absolute Gasteiger partial charge is 0.497 e. The van der Waals surface area contributed by atoms with Crippen molar-refractivity contribution in [1.82, 2.24) is 15.1 Å². The fraction of sp³-hybridized carbons (Fsp3) is 0.273. The molecule has 0 saturated heterocycles. The number of nitrogens with zero attached hydrogens (tertiary/aromatic N) is 2. The molecule has 1 aliphatic rings. The number of ether oxygens (including phenoxy) is 3. The second-order valence-electron chi connectivity index (χ2n) is 6.81. The summed E-state index contributed by atoms with van der Waals surface area (Å²) in [4.78, 5) is 12.8. The van der Waals surface area contributed by atoms with Crippen LogP contribution >= 0.6 is 0 Å². The van der Waals surface area contributed by atoms with Crippen LogP contribution in [0.3, 0.4) is 0 Å². The zero-order valence-corrected chi connectivity index (χ0v) is 16.5. The van der Waals surface area contributed by atoms with Crippen LogP contribution in [0.15, 0.2) is 48.7 Å². The number of carbonyl (C=O) groups is 1. The van der Waals surface area contributed by atoms with Crippen molar-refractivity contribution in [3.8, 4) is 28.5 Å². The highest BCUT2D eigenvalue weighted by atomic mass is 16.5. The van der Waals surface area contributed by atoms with Gasteiger partial charge in [-0.3, -0.25) is 9.48 Å². The van der Waals surface area contributed by atoms with Crippen molar-refractivity contribution in [2.24, 2.45) is 7.05 Å². The van der Waals surface area contributed by atoms with E-state index in [1.807, 2.05) is 42.5 Å². The van der Waals surface area contributed by atoms with Crippen LogP contribution < -0.4 is 19.5 Å². The van der Waals surface area contributed by atoms with Crippen molar-refractivity contribution < 1.29 is 19.0 Å². The first-order valence-electron chi connectivity index (χ1n) is 9.49. The molecule has 1 N–H and O–H groups in total. The number of amides is 1. The van der Waals surface area contributed by atoms with Crippen LogP contribution in [-0.2, 0) is 13.6 Å². The molecule has 4 rings (SSSR count). The molecule has 0 aliphatic carbocycles. The standard InChI is InChI=1S/C22H23N3O4/c1-25-14-18(22(26)23-13-15-4-7-17(27-2)8-5-15)21(24-25)16-6-9-19-20(12-16)29-11-3-10-28-19/h4-9,12,14H,3,10-11,13H2,1-2H3,(H,23,26). The van der Waals surface area contributed by atoms with E-state index in [9.17, 15) is 4.79 Å². The number of aryl methyl sites for hydroxylation is 1. The molecule has 0 atom stereocenters. The highest BCUT2D eigenvalue weighted by molar-refractivity contribution is 5.99. The van der Waals surface area contributed by atoms with E-state index in [0.717, 1.165) is 23.3 Å². The third-order valence-corrected chi connectivity index (χ3v) is 4.71. The summed E-state index contributed by atoms with van der Waals surface area (Å²) in [7, 11) is 3.42. The number of methoxy groups -OCH3 is 1. The van der Waals surface area contributed by atoms with Crippen LogP contribution in [0.5, 0.6) is 17.2 Å². The zero-order valence-electron chi connectivity index (χ0n) is 16.5. The number of nitrogens with one attached hydrogen (secondary N) is 1. The lowest BCUT2D eigenvalue weighted by molar-refractivity contribution is 0.0951. The maximum absolute atomic E-state index is 12.8. The number of benzene rings is 2. The Bertz CT molecular complexity index is 1010. The number of fused-ring (bicyclic) bond motifs is 1. The lowest BCUT2D eigenvalue weighted by Crippen LogP contribution is -2.23. The van der Waals surface area contributed by atoms with Crippen LogP contribution in [0.2, 0.25) is 0 Å². The predicted molar refractivity (Wildman–Crippen MR) is 108 cm³/mol. The minimum Gasteiger partial charge on any atom is -0.497 e. The average Bonchev–Trinajstić information content (AvgIpc) is 2.99. The molecule has 1 amide bonds. The third kappa shape index (κ3) is 4.18. The Morgan fingerprint density at radius 1 is 1.14 bits per heavy atom. The Morgan fingerprint density at radius 2 is 1.90 bits per heavy atom. The topological polar surface area (TPSA) is 74.6 Å². The van der Waals surface area contributed by atoms with E-state index in [1.54, 1.807) is 25.0 Å². The quantitative estimate of drug-likeness (QED) is 0.721. The first-order chi connectivity index (χ1) is 14.1. The summed E-state index contributed by atoms with van der Waals surface area (Å²) in [5, 5.41) is 7.45. The van der Waals surface area contributed by atoms with Gasteiger partial charge >= 0.3 is 0 Å². The second kappa shape index (κ2) is 8.26. The van der Waals surface area contributed by atoms with Crippen LogP contribution in [0, 0.1) is 0 Å². The van der Waals surface area contributed by atoms with Crippen molar-refractivity contribution in [3.05, 3.63) is 59.8 Å². The van der Waals surface area contributed by atoms with Gasteiger partial charge in [0, 0.05) is 31.8 Å². The van der Waals surface area contributed by atoms with Crippen molar-refractivity contribution in [1.29, 1.82) is 0 Å². The third-order valence-electron chi connectivity index (χ3n) is 4.71. The molecule has 0 saturated carbocycles. The summed E-state index contributed by atoms with van der Waals surface area (Å²) >= 11 is 0. The maximum Gasteiger partial charge on any atom is 0.255 e.